The number of hydrogen-bond donors (Lipinski definition) is 1. The SMILES string of the molecule is O=C(c1ccc(-n2cnnc2)cc1)N1CCOC[C@@H]1[C@@H]1CCC[C@@H]1O. The molecule has 25 heavy (non-hydrogen) atoms. The maximum Gasteiger partial charge on any atom is 0.254 e. The summed E-state index contributed by atoms with van der Waals surface area (Å²) in [4.78, 5) is 14.9. The van der Waals surface area contributed by atoms with Gasteiger partial charge in [0.05, 0.1) is 25.4 Å². The maximum absolute atomic E-state index is 13.0. The molecule has 7 heteroatoms. The molecular formula is C18H22N4O3. The highest BCUT2D eigenvalue weighted by Crippen LogP contribution is 2.32. The van der Waals surface area contributed by atoms with Crippen LogP contribution in [0.2, 0.25) is 0 Å². The third-order valence-electron chi connectivity index (χ3n) is 5.28. The fourth-order valence-electron chi connectivity index (χ4n) is 3.92. The van der Waals surface area contributed by atoms with E-state index in [4.69, 9.17) is 4.74 Å². The van der Waals surface area contributed by atoms with E-state index in [0.29, 0.717) is 25.3 Å². The van der Waals surface area contributed by atoms with E-state index in [0.717, 1.165) is 24.9 Å². The summed E-state index contributed by atoms with van der Waals surface area (Å²) in [6, 6.07) is 7.38. The molecule has 1 aliphatic carbocycles. The Hall–Kier alpha value is -2.25. The van der Waals surface area contributed by atoms with E-state index in [1.807, 2.05) is 29.2 Å². The normalized spacial score (nSPS) is 26.8. The number of amides is 1. The average Bonchev–Trinajstić information content (AvgIpc) is 3.33. The Balaban J connectivity index is 1.54. The standard InChI is InChI=1S/C18H22N4O3/c23-17-3-1-2-15(17)16-10-25-9-8-22(16)18(24)13-4-6-14(7-5-13)21-11-19-20-12-21/h4-7,11-12,15-17,23H,1-3,8-10H2/t15-,16+,17-/m0/s1. The predicted molar refractivity (Wildman–Crippen MR) is 90.4 cm³/mol. The van der Waals surface area contributed by atoms with Crippen LogP contribution in [0.1, 0.15) is 29.6 Å². The Bertz CT molecular complexity index is 716. The van der Waals surface area contributed by atoms with Gasteiger partial charge in [-0.05, 0) is 37.1 Å². The van der Waals surface area contributed by atoms with Gasteiger partial charge in [-0.1, -0.05) is 6.42 Å². The predicted octanol–water partition coefficient (Wildman–Crippen LogP) is 1.27. The molecule has 1 saturated heterocycles. The molecule has 2 heterocycles. The van der Waals surface area contributed by atoms with Crippen molar-refractivity contribution in [2.24, 2.45) is 5.92 Å². The summed E-state index contributed by atoms with van der Waals surface area (Å²) in [5.74, 6) is 0.114. The molecule has 0 spiro atoms. The highest BCUT2D eigenvalue weighted by Gasteiger charge is 2.39. The molecule has 2 aliphatic rings. The number of carbonyl (C=O) groups excluding carboxylic acids is 1. The number of carbonyl (C=O) groups is 1. The number of aromatic nitrogens is 3. The van der Waals surface area contributed by atoms with Crippen molar-refractivity contribution in [2.45, 2.75) is 31.4 Å². The van der Waals surface area contributed by atoms with Gasteiger partial charge in [-0.3, -0.25) is 9.36 Å². The number of morpholine rings is 1. The Kier molecular flexibility index (Phi) is 4.50. The van der Waals surface area contributed by atoms with Gasteiger partial charge in [0.2, 0.25) is 0 Å². The lowest BCUT2D eigenvalue weighted by Crippen LogP contribution is -2.53. The first-order valence-corrected chi connectivity index (χ1v) is 8.76. The summed E-state index contributed by atoms with van der Waals surface area (Å²) < 4.78 is 7.40. The van der Waals surface area contributed by atoms with E-state index in [2.05, 4.69) is 10.2 Å². The van der Waals surface area contributed by atoms with Gasteiger partial charge in [0, 0.05) is 23.7 Å². The highest BCUT2D eigenvalue weighted by molar-refractivity contribution is 5.94. The smallest absolute Gasteiger partial charge is 0.254 e. The van der Waals surface area contributed by atoms with Crippen LogP contribution in [0.15, 0.2) is 36.9 Å². The zero-order chi connectivity index (χ0) is 17.2. The summed E-state index contributed by atoms with van der Waals surface area (Å²) >= 11 is 0. The second-order valence-electron chi connectivity index (χ2n) is 6.72. The van der Waals surface area contributed by atoms with Crippen molar-refractivity contribution >= 4 is 5.91 Å². The van der Waals surface area contributed by atoms with Crippen LogP contribution >= 0.6 is 0 Å². The molecule has 3 atom stereocenters. The molecule has 1 aromatic heterocycles. The zero-order valence-electron chi connectivity index (χ0n) is 14.0. The van der Waals surface area contributed by atoms with Crippen LogP contribution in [-0.2, 0) is 4.74 Å². The number of rotatable bonds is 3. The molecule has 2 fully saturated rings. The summed E-state index contributed by atoms with van der Waals surface area (Å²) in [7, 11) is 0. The van der Waals surface area contributed by atoms with Crippen LogP contribution in [0.3, 0.4) is 0 Å². The van der Waals surface area contributed by atoms with Crippen molar-refractivity contribution in [3.05, 3.63) is 42.5 Å². The van der Waals surface area contributed by atoms with Crippen molar-refractivity contribution in [1.82, 2.24) is 19.7 Å². The average molecular weight is 342 g/mol. The number of aliphatic hydroxyl groups is 1. The molecule has 1 aliphatic heterocycles. The third-order valence-corrected chi connectivity index (χ3v) is 5.28. The number of nitrogens with zero attached hydrogens (tertiary/aromatic N) is 4. The third kappa shape index (κ3) is 3.17. The van der Waals surface area contributed by atoms with Crippen molar-refractivity contribution in [2.75, 3.05) is 19.8 Å². The lowest BCUT2D eigenvalue weighted by atomic mass is 9.93. The molecule has 132 valence electrons. The number of aliphatic hydroxyl groups excluding tert-OH is 1. The Morgan fingerprint density at radius 1 is 1.16 bits per heavy atom. The minimum atomic E-state index is -0.335. The zero-order valence-corrected chi connectivity index (χ0v) is 14.0. The summed E-state index contributed by atoms with van der Waals surface area (Å²) in [5, 5.41) is 17.8. The van der Waals surface area contributed by atoms with Crippen LogP contribution in [0.5, 0.6) is 0 Å². The molecule has 0 unspecified atom stereocenters. The Labute approximate surface area is 146 Å². The first-order chi connectivity index (χ1) is 12.2. The largest absolute Gasteiger partial charge is 0.393 e. The van der Waals surface area contributed by atoms with Crippen molar-refractivity contribution < 1.29 is 14.6 Å². The molecule has 1 aromatic carbocycles. The molecule has 4 rings (SSSR count). The van der Waals surface area contributed by atoms with E-state index in [1.165, 1.54) is 0 Å². The van der Waals surface area contributed by atoms with E-state index in [-0.39, 0.29) is 24.0 Å². The van der Waals surface area contributed by atoms with E-state index in [9.17, 15) is 9.90 Å². The van der Waals surface area contributed by atoms with Gasteiger partial charge in [-0.25, -0.2) is 0 Å². The second-order valence-corrected chi connectivity index (χ2v) is 6.72. The van der Waals surface area contributed by atoms with Gasteiger partial charge in [-0.2, -0.15) is 0 Å². The molecule has 1 amide bonds. The fourth-order valence-corrected chi connectivity index (χ4v) is 3.92. The maximum atomic E-state index is 13.0. The Morgan fingerprint density at radius 2 is 1.92 bits per heavy atom. The number of benzene rings is 1. The van der Waals surface area contributed by atoms with Gasteiger partial charge < -0.3 is 14.7 Å². The monoisotopic (exact) mass is 342 g/mol. The van der Waals surface area contributed by atoms with Crippen LogP contribution in [0, 0.1) is 5.92 Å². The molecule has 1 saturated carbocycles. The topological polar surface area (TPSA) is 80.5 Å². The minimum Gasteiger partial charge on any atom is -0.393 e. The quantitative estimate of drug-likeness (QED) is 0.908. The van der Waals surface area contributed by atoms with E-state index >= 15 is 0 Å². The summed E-state index contributed by atoms with van der Waals surface area (Å²) in [5.41, 5.74) is 1.56. The lowest BCUT2D eigenvalue weighted by molar-refractivity contribution is -0.0383. The van der Waals surface area contributed by atoms with Gasteiger partial charge in [0.1, 0.15) is 12.7 Å². The van der Waals surface area contributed by atoms with Gasteiger partial charge in [0.15, 0.2) is 0 Å². The first kappa shape index (κ1) is 16.2. The number of hydrogen-bond acceptors (Lipinski definition) is 5. The van der Waals surface area contributed by atoms with Gasteiger partial charge in [0.25, 0.3) is 5.91 Å². The second kappa shape index (κ2) is 6.93. The highest BCUT2D eigenvalue weighted by atomic mass is 16.5. The number of ether oxygens (including phenoxy) is 1. The molecular weight excluding hydrogens is 320 g/mol. The van der Waals surface area contributed by atoms with Gasteiger partial charge in [-0.15, -0.1) is 10.2 Å². The van der Waals surface area contributed by atoms with Crippen LogP contribution in [0.25, 0.3) is 5.69 Å². The molecule has 1 N–H and O–H groups in total. The van der Waals surface area contributed by atoms with Crippen LogP contribution in [0.4, 0.5) is 0 Å². The van der Waals surface area contributed by atoms with Crippen LogP contribution < -0.4 is 0 Å². The van der Waals surface area contributed by atoms with Crippen LogP contribution in [-0.4, -0.2) is 62.6 Å². The summed E-state index contributed by atoms with van der Waals surface area (Å²) in [6.45, 7) is 1.62. The van der Waals surface area contributed by atoms with Crippen molar-refractivity contribution in [1.29, 1.82) is 0 Å². The molecule has 7 nitrogen and oxygen atoms in total. The first-order valence-electron chi connectivity index (χ1n) is 8.76. The lowest BCUT2D eigenvalue weighted by Gasteiger charge is -2.40. The molecule has 2 aromatic rings. The Morgan fingerprint density at radius 3 is 2.60 bits per heavy atom. The fraction of sp³-hybridized carbons (Fsp3) is 0.500. The van der Waals surface area contributed by atoms with E-state index in [1.54, 1.807) is 17.2 Å². The molecule has 0 bridgehead atoms. The minimum absolute atomic E-state index is 0.00251. The van der Waals surface area contributed by atoms with Crippen molar-refractivity contribution in [3.8, 4) is 5.69 Å². The summed E-state index contributed by atoms with van der Waals surface area (Å²) in [6.07, 6.45) is 5.69. The molecule has 0 radical (unpaired) electrons. The van der Waals surface area contributed by atoms with Gasteiger partial charge >= 0.3 is 0 Å². The van der Waals surface area contributed by atoms with Crippen molar-refractivity contribution in [3.63, 3.8) is 0 Å². The van der Waals surface area contributed by atoms with E-state index < -0.39 is 0 Å².